The maximum absolute atomic E-state index is 10.5. The van der Waals surface area contributed by atoms with E-state index in [0.717, 1.165) is 22.2 Å². The van der Waals surface area contributed by atoms with Gasteiger partial charge in [0.2, 0.25) is 0 Å². The zero-order chi connectivity index (χ0) is 14.3. The van der Waals surface area contributed by atoms with Crippen LogP contribution in [0.4, 0.5) is 4.79 Å². The van der Waals surface area contributed by atoms with E-state index < -0.39 is 6.03 Å². The Kier molecular flexibility index (Phi) is 6.35. The number of nitrogens with zero attached hydrogens (tertiary/aromatic N) is 1. The number of nitrogens with one attached hydrogen (secondary N) is 1. The quantitative estimate of drug-likeness (QED) is 0.622. The molecular weight excluding hydrogens is 310 g/mol. The Bertz CT molecular complexity index is 461. The van der Waals surface area contributed by atoms with Crippen LogP contribution in [0.1, 0.15) is 25.8 Å². The van der Waals surface area contributed by atoms with E-state index >= 15 is 0 Å². The topological polar surface area (TPSA) is 76.7 Å². The van der Waals surface area contributed by atoms with Crippen molar-refractivity contribution in [3.05, 3.63) is 28.2 Å². The Morgan fingerprint density at radius 2 is 2.32 bits per heavy atom. The number of urea groups is 1. The average Bonchev–Trinajstić information content (AvgIpc) is 2.31. The highest BCUT2D eigenvalue weighted by Crippen LogP contribution is 2.22. The van der Waals surface area contributed by atoms with Crippen molar-refractivity contribution >= 4 is 28.2 Å². The van der Waals surface area contributed by atoms with Gasteiger partial charge in [-0.25, -0.2) is 10.2 Å². The monoisotopic (exact) mass is 327 g/mol. The molecule has 0 aromatic heterocycles. The maximum Gasteiger partial charge on any atom is 0.332 e. The summed E-state index contributed by atoms with van der Waals surface area (Å²) in [5, 5.41) is 3.74. The molecule has 104 valence electrons. The second-order valence-electron chi connectivity index (χ2n) is 4.45. The first-order valence-corrected chi connectivity index (χ1v) is 6.79. The van der Waals surface area contributed by atoms with Gasteiger partial charge in [-0.1, -0.05) is 29.8 Å². The van der Waals surface area contributed by atoms with E-state index in [-0.39, 0.29) is 0 Å². The minimum Gasteiger partial charge on any atom is -0.493 e. The minimum atomic E-state index is -0.700. The summed E-state index contributed by atoms with van der Waals surface area (Å²) in [6.45, 7) is 4.93. The summed E-state index contributed by atoms with van der Waals surface area (Å²) >= 11 is 3.38. The van der Waals surface area contributed by atoms with Crippen molar-refractivity contribution in [2.75, 3.05) is 6.61 Å². The van der Waals surface area contributed by atoms with E-state index in [1.165, 1.54) is 6.21 Å². The summed E-state index contributed by atoms with van der Waals surface area (Å²) in [7, 11) is 0. The predicted molar refractivity (Wildman–Crippen MR) is 79.4 cm³/mol. The van der Waals surface area contributed by atoms with E-state index in [4.69, 9.17) is 10.5 Å². The molecule has 0 radical (unpaired) electrons. The van der Waals surface area contributed by atoms with Crippen molar-refractivity contribution in [2.24, 2.45) is 16.8 Å². The van der Waals surface area contributed by atoms with Crippen LogP contribution in [-0.2, 0) is 0 Å². The zero-order valence-electron chi connectivity index (χ0n) is 11.0. The van der Waals surface area contributed by atoms with Crippen LogP contribution in [0.2, 0.25) is 0 Å². The number of carbonyl (C=O) groups is 1. The molecule has 0 unspecified atom stereocenters. The summed E-state index contributed by atoms with van der Waals surface area (Å²) in [5.41, 5.74) is 7.86. The van der Waals surface area contributed by atoms with Crippen LogP contribution in [-0.4, -0.2) is 18.9 Å². The number of ether oxygens (including phenoxy) is 1. The maximum atomic E-state index is 10.5. The van der Waals surface area contributed by atoms with Gasteiger partial charge in [0, 0.05) is 10.0 Å². The first-order chi connectivity index (χ1) is 8.99. The second kappa shape index (κ2) is 7.78. The van der Waals surface area contributed by atoms with Gasteiger partial charge in [-0.3, -0.25) is 0 Å². The van der Waals surface area contributed by atoms with Gasteiger partial charge in [0.25, 0.3) is 0 Å². The molecule has 0 heterocycles. The lowest BCUT2D eigenvalue weighted by Gasteiger charge is -2.10. The first-order valence-electron chi connectivity index (χ1n) is 6.00. The lowest BCUT2D eigenvalue weighted by atomic mass is 10.1. The SMILES string of the molecule is CC(C)CCOc1ccc(Br)cc1C=NNC(N)=O. The molecule has 0 saturated carbocycles. The third kappa shape index (κ3) is 6.24. The van der Waals surface area contributed by atoms with Gasteiger partial charge < -0.3 is 10.5 Å². The summed E-state index contributed by atoms with van der Waals surface area (Å²) < 4.78 is 6.61. The molecule has 0 aliphatic heterocycles. The molecular formula is C13H18BrN3O2. The van der Waals surface area contributed by atoms with Gasteiger partial charge in [-0.15, -0.1) is 0 Å². The molecule has 5 nitrogen and oxygen atoms in total. The minimum absolute atomic E-state index is 0.587. The van der Waals surface area contributed by atoms with Gasteiger partial charge >= 0.3 is 6.03 Å². The van der Waals surface area contributed by atoms with Crippen LogP contribution in [0, 0.1) is 5.92 Å². The highest BCUT2D eigenvalue weighted by molar-refractivity contribution is 9.10. The van der Waals surface area contributed by atoms with Crippen molar-refractivity contribution in [3.63, 3.8) is 0 Å². The standard InChI is InChI=1S/C13H18BrN3O2/c1-9(2)5-6-19-12-4-3-11(14)7-10(12)8-16-17-13(15)18/h3-4,7-9H,5-6H2,1-2H3,(H3,15,17,18). The van der Waals surface area contributed by atoms with Crippen LogP contribution in [0.5, 0.6) is 5.75 Å². The van der Waals surface area contributed by atoms with Crippen LogP contribution in [0.15, 0.2) is 27.8 Å². The lowest BCUT2D eigenvalue weighted by Crippen LogP contribution is -2.24. The van der Waals surface area contributed by atoms with Crippen molar-refractivity contribution < 1.29 is 9.53 Å². The van der Waals surface area contributed by atoms with Crippen LogP contribution in [0.25, 0.3) is 0 Å². The molecule has 0 aliphatic rings. The van der Waals surface area contributed by atoms with Crippen molar-refractivity contribution in [2.45, 2.75) is 20.3 Å². The Morgan fingerprint density at radius 1 is 1.58 bits per heavy atom. The van der Waals surface area contributed by atoms with Crippen LogP contribution < -0.4 is 15.9 Å². The highest BCUT2D eigenvalue weighted by atomic mass is 79.9. The van der Waals surface area contributed by atoms with E-state index in [1.54, 1.807) is 0 Å². The number of primary amides is 1. The fourth-order valence-electron chi connectivity index (χ4n) is 1.32. The molecule has 0 aliphatic carbocycles. The Labute approximate surface area is 121 Å². The van der Waals surface area contributed by atoms with Gasteiger partial charge in [0.1, 0.15) is 5.75 Å². The highest BCUT2D eigenvalue weighted by Gasteiger charge is 2.03. The molecule has 1 aromatic carbocycles. The fourth-order valence-corrected chi connectivity index (χ4v) is 1.70. The molecule has 0 atom stereocenters. The van der Waals surface area contributed by atoms with Crippen LogP contribution >= 0.6 is 15.9 Å². The summed E-state index contributed by atoms with van der Waals surface area (Å²) in [4.78, 5) is 10.5. The van der Waals surface area contributed by atoms with Crippen molar-refractivity contribution in [1.82, 2.24) is 5.43 Å². The molecule has 19 heavy (non-hydrogen) atoms. The molecule has 2 amide bonds. The molecule has 6 heteroatoms. The predicted octanol–water partition coefficient (Wildman–Crippen LogP) is 2.88. The number of halogens is 1. The van der Waals surface area contributed by atoms with Gasteiger partial charge in [0.05, 0.1) is 12.8 Å². The molecule has 3 N–H and O–H groups in total. The number of amides is 2. The third-order valence-corrected chi connectivity index (χ3v) is 2.80. The molecule has 0 bridgehead atoms. The molecule has 1 rings (SSSR count). The van der Waals surface area contributed by atoms with E-state index in [0.29, 0.717) is 12.5 Å². The fraction of sp³-hybridized carbons (Fsp3) is 0.385. The number of benzene rings is 1. The Morgan fingerprint density at radius 3 is 2.95 bits per heavy atom. The molecule has 0 saturated heterocycles. The van der Waals surface area contributed by atoms with Crippen LogP contribution in [0.3, 0.4) is 0 Å². The smallest absolute Gasteiger partial charge is 0.332 e. The largest absolute Gasteiger partial charge is 0.493 e. The number of hydrogen-bond acceptors (Lipinski definition) is 3. The zero-order valence-corrected chi connectivity index (χ0v) is 12.6. The number of hydrogen-bond donors (Lipinski definition) is 2. The number of carbonyl (C=O) groups excluding carboxylic acids is 1. The average molecular weight is 328 g/mol. The Hall–Kier alpha value is -1.56. The molecule has 0 spiro atoms. The van der Waals surface area contributed by atoms with E-state index in [2.05, 4.69) is 40.3 Å². The third-order valence-electron chi connectivity index (χ3n) is 2.30. The molecule has 1 aromatic rings. The summed E-state index contributed by atoms with van der Waals surface area (Å²) in [6.07, 6.45) is 2.48. The van der Waals surface area contributed by atoms with E-state index in [9.17, 15) is 4.79 Å². The van der Waals surface area contributed by atoms with Gasteiger partial charge in [0.15, 0.2) is 0 Å². The number of hydrazone groups is 1. The number of nitrogens with two attached hydrogens (primary N) is 1. The first kappa shape index (κ1) is 15.5. The number of rotatable bonds is 6. The normalized spacial score (nSPS) is 10.9. The summed E-state index contributed by atoms with van der Waals surface area (Å²) in [5.74, 6) is 1.31. The molecule has 0 fully saturated rings. The Balaban J connectivity index is 2.73. The second-order valence-corrected chi connectivity index (χ2v) is 5.36. The van der Waals surface area contributed by atoms with Gasteiger partial charge in [-0.05, 0) is 30.5 Å². The van der Waals surface area contributed by atoms with Crippen molar-refractivity contribution in [1.29, 1.82) is 0 Å². The summed E-state index contributed by atoms with van der Waals surface area (Å²) in [6, 6.07) is 4.91. The lowest BCUT2D eigenvalue weighted by molar-refractivity contribution is 0.249. The van der Waals surface area contributed by atoms with Gasteiger partial charge in [-0.2, -0.15) is 5.10 Å². The van der Waals surface area contributed by atoms with E-state index in [1.807, 2.05) is 18.2 Å². The van der Waals surface area contributed by atoms with Crippen molar-refractivity contribution in [3.8, 4) is 5.75 Å².